The van der Waals surface area contributed by atoms with Gasteiger partial charge < -0.3 is 14.5 Å². The van der Waals surface area contributed by atoms with Gasteiger partial charge in [-0.3, -0.25) is 14.6 Å². The van der Waals surface area contributed by atoms with Crippen LogP contribution in [-0.2, 0) is 16.1 Å². The summed E-state index contributed by atoms with van der Waals surface area (Å²) in [5.74, 6) is 0.495. The minimum atomic E-state index is -0.566. The van der Waals surface area contributed by atoms with Crippen molar-refractivity contribution in [3.8, 4) is 0 Å². The van der Waals surface area contributed by atoms with E-state index in [-0.39, 0.29) is 18.5 Å². The molecule has 0 spiro atoms. The Kier molecular flexibility index (Phi) is 5.94. The lowest BCUT2D eigenvalue weighted by atomic mass is 10.1. The van der Waals surface area contributed by atoms with Crippen LogP contribution in [0.5, 0.6) is 0 Å². The second-order valence-corrected chi connectivity index (χ2v) is 8.41. The summed E-state index contributed by atoms with van der Waals surface area (Å²) in [6, 6.07) is 6.31. The van der Waals surface area contributed by atoms with Gasteiger partial charge in [-0.2, -0.15) is 0 Å². The van der Waals surface area contributed by atoms with Crippen LogP contribution in [0.3, 0.4) is 0 Å². The number of ether oxygens (including phenoxy) is 1. The summed E-state index contributed by atoms with van der Waals surface area (Å²) in [5, 5.41) is 0.573. The number of imide groups is 1. The number of urea groups is 1. The highest BCUT2D eigenvalue weighted by Crippen LogP contribution is 2.38. The lowest BCUT2D eigenvalue weighted by molar-refractivity contribution is -0.137. The number of allylic oxidation sites excluding steroid dienone is 2. The van der Waals surface area contributed by atoms with Crippen LogP contribution in [-0.4, -0.2) is 76.5 Å². The summed E-state index contributed by atoms with van der Waals surface area (Å²) in [4.78, 5) is 38.3. The molecule has 31 heavy (non-hydrogen) atoms. The van der Waals surface area contributed by atoms with Gasteiger partial charge in [-0.05, 0) is 44.9 Å². The number of nitrogens with zero attached hydrogens (tertiary/aromatic N) is 5. The Morgan fingerprint density at radius 3 is 2.65 bits per heavy atom. The van der Waals surface area contributed by atoms with Crippen molar-refractivity contribution in [2.75, 3.05) is 26.8 Å². The number of amides is 3. The zero-order chi connectivity index (χ0) is 22.3. The van der Waals surface area contributed by atoms with Gasteiger partial charge in [0.2, 0.25) is 5.96 Å². The highest BCUT2D eigenvalue weighted by molar-refractivity contribution is 6.30. The molecule has 0 N–H and O–H groups in total. The molecule has 3 aliphatic rings. The third kappa shape index (κ3) is 3.68. The Balaban J connectivity index is 1.59. The van der Waals surface area contributed by atoms with Crippen LogP contribution in [0.1, 0.15) is 32.8 Å². The van der Waals surface area contributed by atoms with E-state index in [0.717, 1.165) is 35.9 Å². The van der Waals surface area contributed by atoms with Gasteiger partial charge in [0.25, 0.3) is 5.91 Å². The minimum Gasteiger partial charge on any atom is -0.382 e. The van der Waals surface area contributed by atoms with Gasteiger partial charge in [0.15, 0.2) is 12.2 Å². The SMILES string of the molecule is CCOCCCN1C2=NC3C(C(=O)N(Cc4cccc(Cl)c4)C(=O)N3C)N2C(C)=C1C. The summed E-state index contributed by atoms with van der Waals surface area (Å²) in [7, 11) is 1.70. The molecule has 3 heterocycles. The van der Waals surface area contributed by atoms with E-state index in [9.17, 15) is 9.59 Å². The maximum atomic E-state index is 13.5. The molecule has 8 nitrogen and oxygen atoms in total. The van der Waals surface area contributed by atoms with E-state index in [2.05, 4.69) is 4.90 Å². The zero-order valence-corrected chi connectivity index (χ0v) is 19.1. The fraction of sp³-hybridized carbons (Fsp3) is 0.500. The highest BCUT2D eigenvalue weighted by Gasteiger charge is 2.55. The summed E-state index contributed by atoms with van der Waals surface area (Å²) < 4.78 is 5.47. The number of benzene rings is 1. The first-order chi connectivity index (χ1) is 14.8. The van der Waals surface area contributed by atoms with Crippen LogP contribution in [0, 0.1) is 0 Å². The molecule has 1 saturated heterocycles. The molecule has 3 amide bonds. The fourth-order valence-electron chi connectivity index (χ4n) is 4.38. The monoisotopic (exact) mass is 445 g/mol. The Hall–Kier alpha value is -2.58. The van der Waals surface area contributed by atoms with Gasteiger partial charge in [-0.25, -0.2) is 9.79 Å². The quantitative estimate of drug-likeness (QED) is 0.603. The van der Waals surface area contributed by atoms with Crippen molar-refractivity contribution in [3.05, 3.63) is 46.2 Å². The van der Waals surface area contributed by atoms with Crippen molar-refractivity contribution in [1.82, 2.24) is 19.6 Å². The van der Waals surface area contributed by atoms with Crippen molar-refractivity contribution in [2.45, 2.75) is 45.9 Å². The van der Waals surface area contributed by atoms with Crippen molar-refractivity contribution in [2.24, 2.45) is 4.99 Å². The van der Waals surface area contributed by atoms with Gasteiger partial charge >= 0.3 is 6.03 Å². The number of halogens is 1. The average Bonchev–Trinajstić information content (AvgIpc) is 3.24. The maximum Gasteiger partial charge on any atom is 0.328 e. The molecular weight excluding hydrogens is 418 g/mol. The first-order valence-corrected chi connectivity index (χ1v) is 10.9. The summed E-state index contributed by atoms with van der Waals surface area (Å²) in [5.41, 5.74) is 2.87. The average molecular weight is 446 g/mol. The Morgan fingerprint density at radius 2 is 1.94 bits per heavy atom. The number of hydrogen-bond donors (Lipinski definition) is 0. The van der Waals surface area contributed by atoms with Crippen LogP contribution in [0.25, 0.3) is 0 Å². The largest absolute Gasteiger partial charge is 0.382 e. The highest BCUT2D eigenvalue weighted by atomic mass is 35.5. The standard InChI is InChI=1S/C22H28ClN5O3/c1-5-31-11-7-10-26-14(2)15(3)28-18-19(24-21(26)28)25(4)22(30)27(20(18)29)13-16-8-6-9-17(23)12-16/h6,8-9,12,18-19H,5,7,10-11,13H2,1-4H3. The summed E-state index contributed by atoms with van der Waals surface area (Å²) in [6.45, 7) is 8.30. The first kappa shape index (κ1) is 21.6. The predicted molar refractivity (Wildman–Crippen MR) is 118 cm³/mol. The molecule has 0 radical (unpaired) electrons. The van der Waals surface area contributed by atoms with Crippen molar-refractivity contribution in [1.29, 1.82) is 0 Å². The van der Waals surface area contributed by atoms with Gasteiger partial charge in [0.1, 0.15) is 0 Å². The van der Waals surface area contributed by atoms with Gasteiger partial charge in [0, 0.05) is 43.2 Å². The van der Waals surface area contributed by atoms with E-state index in [1.54, 1.807) is 24.1 Å². The van der Waals surface area contributed by atoms with Gasteiger partial charge in [-0.1, -0.05) is 23.7 Å². The first-order valence-electron chi connectivity index (χ1n) is 10.6. The maximum absolute atomic E-state index is 13.5. The smallest absolute Gasteiger partial charge is 0.328 e. The normalized spacial score (nSPS) is 23.1. The Labute approximate surface area is 187 Å². The number of guanidine groups is 1. The molecule has 0 saturated carbocycles. The molecule has 0 aliphatic carbocycles. The minimum absolute atomic E-state index is 0.175. The van der Waals surface area contributed by atoms with Crippen LogP contribution in [0.2, 0.25) is 5.02 Å². The van der Waals surface area contributed by atoms with Crippen molar-refractivity contribution >= 4 is 29.5 Å². The second-order valence-electron chi connectivity index (χ2n) is 7.98. The molecule has 4 rings (SSSR count). The van der Waals surface area contributed by atoms with E-state index in [1.807, 2.05) is 37.8 Å². The summed E-state index contributed by atoms with van der Waals surface area (Å²) in [6.07, 6.45) is 0.313. The molecule has 1 aromatic rings. The van der Waals surface area contributed by atoms with Crippen molar-refractivity contribution in [3.63, 3.8) is 0 Å². The van der Waals surface area contributed by atoms with E-state index < -0.39 is 12.2 Å². The molecule has 2 unspecified atom stereocenters. The third-order valence-corrected chi connectivity index (χ3v) is 6.34. The molecule has 2 atom stereocenters. The second kappa shape index (κ2) is 8.51. The molecule has 3 aliphatic heterocycles. The predicted octanol–water partition coefficient (Wildman–Crippen LogP) is 3.09. The molecule has 0 bridgehead atoms. The number of carbonyl (C=O) groups excluding carboxylic acids is 2. The van der Waals surface area contributed by atoms with Crippen LogP contribution in [0.15, 0.2) is 40.7 Å². The number of aliphatic imine (C=N–C) groups is 1. The molecule has 1 fully saturated rings. The molecule has 0 aromatic heterocycles. The van der Waals surface area contributed by atoms with Crippen LogP contribution < -0.4 is 0 Å². The third-order valence-electron chi connectivity index (χ3n) is 6.11. The lowest BCUT2D eigenvalue weighted by Gasteiger charge is -2.40. The van der Waals surface area contributed by atoms with E-state index in [1.165, 1.54) is 4.90 Å². The van der Waals surface area contributed by atoms with Crippen LogP contribution >= 0.6 is 11.6 Å². The number of likely N-dealkylation sites (N-methyl/N-ethyl adjacent to an activating group) is 1. The number of fused-ring (bicyclic) bond motifs is 3. The topological polar surface area (TPSA) is 68.7 Å². The number of hydrogen-bond acceptors (Lipinski definition) is 6. The molecule has 166 valence electrons. The molecular formula is C22H28ClN5O3. The Bertz CT molecular complexity index is 962. The van der Waals surface area contributed by atoms with Crippen molar-refractivity contribution < 1.29 is 14.3 Å². The van der Waals surface area contributed by atoms with E-state index >= 15 is 0 Å². The number of carbonyl (C=O) groups is 2. The Morgan fingerprint density at radius 1 is 1.16 bits per heavy atom. The fourth-order valence-corrected chi connectivity index (χ4v) is 4.59. The lowest BCUT2D eigenvalue weighted by Crippen LogP contribution is -2.64. The summed E-state index contributed by atoms with van der Waals surface area (Å²) >= 11 is 6.09. The van der Waals surface area contributed by atoms with E-state index in [4.69, 9.17) is 21.3 Å². The van der Waals surface area contributed by atoms with Gasteiger partial charge in [0.05, 0.1) is 6.54 Å². The molecule has 9 heteroatoms. The molecule has 1 aromatic carbocycles. The van der Waals surface area contributed by atoms with E-state index in [0.29, 0.717) is 18.2 Å². The zero-order valence-electron chi connectivity index (χ0n) is 18.3. The van der Waals surface area contributed by atoms with Crippen LogP contribution in [0.4, 0.5) is 4.79 Å². The number of rotatable bonds is 7. The van der Waals surface area contributed by atoms with Gasteiger partial charge in [-0.15, -0.1) is 0 Å².